The van der Waals surface area contributed by atoms with Crippen molar-refractivity contribution in [1.82, 2.24) is 5.32 Å². The van der Waals surface area contributed by atoms with E-state index < -0.39 is 22.1 Å². The summed E-state index contributed by atoms with van der Waals surface area (Å²) in [5.74, 6) is -0.474. The molecule has 0 saturated carbocycles. The van der Waals surface area contributed by atoms with E-state index in [-0.39, 0.29) is 0 Å². The maximum atomic E-state index is 12.3. The molecule has 1 N–H and O–H groups in total. The molecule has 2 rings (SSSR count). The van der Waals surface area contributed by atoms with E-state index in [0.29, 0.717) is 18.5 Å². The molecule has 5 nitrogen and oxygen atoms in total. The molecule has 0 radical (unpaired) electrons. The fourth-order valence-electron chi connectivity index (χ4n) is 2.12. The van der Waals surface area contributed by atoms with E-state index in [1.165, 1.54) is 0 Å². The van der Waals surface area contributed by atoms with Gasteiger partial charge in [0.05, 0.1) is 6.26 Å². The van der Waals surface area contributed by atoms with Crippen molar-refractivity contribution >= 4 is 16.0 Å². The first-order valence-electron chi connectivity index (χ1n) is 7.20. The van der Waals surface area contributed by atoms with Crippen LogP contribution in [0.25, 0.3) is 0 Å². The Bertz CT molecular complexity index is 730. The number of nitrogens with one attached hydrogen (secondary N) is 1. The summed E-state index contributed by atoms with van der Waals surface area (Å²) < 4.78 is 27.8. The van der Waals surface area contributed by atoms with E-state index in [9.17, 15) is 13.2 Å². The lowest BCUT2D eigenvalue weighted by atomic mass is 10.1. The highest BCUT2D eigenvalue weighted by atomic mass is 32.2. The smallest absolute Gasteiger partial charge is 0.265 e. The summed E-state index contributed by atoms with van der Waals surface area (Å²) in [5, 5.41) is 2.72. The van der Waals surface area contributed by atoms with Gasteiger partial charge in [0.1, 0.15) is 0 Å². The molecule has 1 atom stereocenters. The van der Waals surface area contributed by atoms with Crippen LogP contribution in [0.3, 0.4) is 0 Å². The van der Waals surface area contributed by atoms with Crippen LogP contribution in [0.2, 0.25) is 0 Å². The summed E-state index contributed by atoms with van der Waals surface area (Å²) in [4.78, 5) is 12.3. The van der Waals surface area contributed by atoms with Gasteiger partial charge in [-0.1, -0.05) is 60.7 Å². The standard InChI is InChI=1S/C17H19NO4S/c1-23(20,21)22-16(15-10-6-3-7-11-15)17(19)18-13-12-14-8-4-2-5-9-14/h2-11,16H,12-13H2,1H3,(H,18,19). The molecule has 0 aliphatic heterocycles. The van der Waals surface area contributed by atoms with Crippen LogP contribution < -0.4 is 5.32 Å². The summed E-state index contributed by atoms with van der Waals surface area (Å²) >= 11 is 0. The lowest BCUT2D eigenvalue weighted by Crippen LogP contribution is -2.33. The van der Waals surface area contributed by atoms with E-state index >= 15 is 0 Å². The molecule has 0 aromatic heterocycles. The van der Waals surface area contributed by atoms with E-state index in [4.69, 9.17) is 4.18 Å². The maximum Gasteiger partial charge on any atom is 0.265 e. The topological polar surface area (TPSA) is 72.5 Å². The van der Waals surface area contributed by atoms with Gasteiger partial charge in [0, 0.05) is 6.54 Å². The molecule has 1 amide bonds. The van der Waals surface area contributed by atoms with Crippen molar-refractivity contribution in [2.24, 2.45) is 0 Å². The Labute approximate surface area is 136 Å². The fourth-order valence-corrected chi connectivity index (χ4v) is 2.67. The highest BCUT2D eigenvalue weighted by Crippen LogP contribution is 2.19. The molecule has 0 aliphatic rings. The quantitative estimate of drug-likeness (QED) is 0.787. The van der Waals surface area contributed by atoms with Gasteiger partial charge in [-0.05, 0) is 17.5 Å². The summed E-state index contributed by atoms with van der Waals surface area (Å²) in [6.45, 7) is 0.402. The van der Waals surface area contributed by atoms with Gasteiger partial charge in [-0.15, -0.1) is 0 Å². The summed E-state index contributed by atoms with van der Waals surface area (Å²) in [5.41, 5.74) is 1.59. The van der Waals surface area contributed by atoms with Gasteiger partial charge in [0.25, 0.3) is 16.0 Å². The first-order chi connectivity index (χ1) is 11.0. The van der Waals surface area contributed by atoms with Crippen LogP contribution in [0.5, 0.6) is 0 Å². The molecule has 6 heteroatoms. The SMILES string of the molecule is CS(=O)(=O)OC(C(=O)NCCc1ccccc1)c1ccccc1. The molecule has 0 bridgehead atoms. The molecule has 0 spiro atoms. The largest absolute Gasteiger partial charge is 0.353 e. The van der Waals surface area contributed by atoms with Gasteiger partial charge in [-0.3, -0.25) is 8.98 Å². The zero-order valence-electron chi connectivity index (χ0n) is 12.8. The third-order valence-electron chi connectivity index (χ3n) is 3.17. The van der Waals surface area contributed by atoms with Crippen molar-refractivity contribution < 1.29 is 17.4 Å². The Kier molecular flexibility index (Phi) is 5.90. The number of amides is 1. The van der Waals surface area contributed by atoms with Crippen molar-refractivity contribution in [2.45, 2.75) is 12.5 Å². The Morgan fingerprint density at radius 3 is 2.17 bits per heavy atom. The molecule has 0 aliphatic carbocycles. The van der Waals surface area contributed by atoms with Crippen molar-refractivity contribution in [1.29, 1.82) is 0 Å². The lowest BCUT2D eigenvalue weighted by molar-refractivity contribution is -0.128. The second-order valence-electron chi connectivity index (χ2n) is 5.12. The summed E-state index contributed by atoms with van der Waals surface area (Å²) in [7, 11) is -3.75. The van der Waals surface area contributed by atoms with Gasteiger partial charge in [0.2, 0.25) is 0 Å². The third kappa shape index (κ3) is 5.84. The molecule has 2 aromatic carbocycles. The predicted molar refractivity (Wildman–Crippen MR) is 88.3 cm³/mol. The second kappa shape index (κ2) is 7.89. The first-order valence-corrected chi connectivity index (χ1v) is 9.02. The molecule has 2 aromatic rings. The molecule has 1 unspecified atom stereocenters. The molecular formula is C17H19NO4S. The minimum Gasteiger partial charge on any atom is -0.353 e. The lowest BCUT2D eigenvalue weighted by Gasteiger charge is -2.16. The number of benzene rings is 2. The third-order valence-corrected chi connectivity index (χ3v) is 3.71. The monoisotopic (exact) mass is 333 g/mol. The molecule has 0 saturated heterocycles. The Morgan fingerprint density at radius 1 is 1.04 bits per heavy atom. The van der Waals surface area contributed by atoms with Gasteiger partial charge in [0.15, 0.2) is 6.10 Å². The minimum atomic E-state index is -3.75. The van der Waals surface area contributed by atoms with Gasteiger partial charge in [-0.25, -0.2) is 0 Å². The molecule has 0 fully saturated rings. The number of hydrogen-bond donors (Lipinski definition) is 1. The number of rotatable bonds is 7. The zero-order chi connectivity index (χ0) is 16.7. The normalized spacial score (nSPS) is 12.6. The highest BCUT2D eigenvalue weighted by Gasteiger charge is 2.25. The van der Waals surface area contributed by atoms with Gasteiger partial charge >= 0.3 is 0 Å². The first kappa shape index (κ1) is 17.2. The average Bonchev–Trinajstić information content (AvgIpc) is 2.53. The Morgan fingerprint density at radius 2 is 1.61 bits per heavy atom. The predicted octanol–water partition coefficient (Wildman–Crippen LogP) is 2.06. The van der Waals surface area contributed by atoms with Crippen molar-refractivity contribution in [3.05, 3.63) is 71.8 Å². The molecule has 23 heavy (non-hydrogen) atoms. The molecular weight excluding hydrogens is 314 g/mol. The summed E-state index contributed by atoms with van der Waals surface area (Å²) in [6, 6.07) is 18.3. The van der Waals surface area contributed by atoms with Crippen molar-refractivity contribution in [3.63, 3.8) is 0 Å². The summed E-state index contributed by atoms with van der Waals surface area (Å²) in [6.07, 6.45) is 0.412. The van der Waals surface area contributed by atoms with Crippen LogP contribution in [0.4, 0.5) is 0 Å². The molecule has 0 heterocycles. The Balaban J connectivity index is 2.02. The van der Waals surface area contributed by atoms with Crippen LogP contribution in [0.1, 0.15) is 17.2 Å². The van der Waals surface area contributed by atoms with E-state index in [1.807, 2.05) is 30.3 Å². The second-order valence-corrected chi connectivity index (χ2v) is 6.72. The van der Waals surface area contributed by atoms with E-state index in [2.05, 4.69) is 5.32 Å². The van der Waals surface area contributed by atoms with E-state index in [0.717, 1.165) is 11.8 Å². The van der Waals surface area contributed by atoms with Crippen LogP contribution in [-0.2, 0) is 25.5 Å². The fraction of sp³-hybridized carbons (Fsp3) is 0.235. The van der Waals surface area contributed by atoms with Crippen LogP contribution in [-0.4, -0.2) is 27.1 Å². The van der Waals surface area contributed by atoms with Crippen LogP contribution in [0.15, 0.2) is 60.7 Å². The maximum absolute atomic E-state index is 12.3. The van der Waals surface area contributed by atoms with Crippen LogP contribution >= 0.6 is 0 Å². The Hall–Kier alpha value is -2.18. The van der Waals surface area contributed by atoms with Crippen molar-refractivity contribution in [2.75, 3.05) is 12.8 Å². The zero-order valence-corrected chi connectivity index (χ0v) is 13.6. The minimum absolute atomic E-state index is 0.402. The average molecular weight is 333 g/mol. The highest BCUT2D eigenvalue weighted by molar-refractivity contribution is 7.86. The number of carbonyl (C=O) groups excluding carboxylic acids is 1. The van der Waals surface area contributed by atoms with Crippen molar-refractivity contribution in [3.8, 4) is 0 Å². The number of hydrogen-bond acceptors (Lipinski definition) is 4. The van der Waals surface area contributed by atoms with Crippen LogP contribution in [0, 0.1) is 0 Å². The van der Waals surface area contributed by atoms with Gasteiger partial charge in [-0.2, -0.15) is 8.42 Å². The van der Waals surface area contributed by atoms with Gasteiger partial charge < -0.3 is 5.32 Å². The van der Waals surface area contributed by atoms with E-state index in [1.54, 1.807) is 30.3 Å². The number of carbonyl (C=O) groups is 1. The molecule has 122 valence electrons.